The van der Waals surface area contributed by atoms with E-state index in [-0.39, 0.29) is 17.1 Å². The molecular weight excluding hydrogens is 429 g/mol. The Kier molecular flexibility index (Phi) is 6.46. The Hall–Kier alpha value is -3.61. The zero-order valence-electron chi connectivity index (χ0n) is 20.3. The largest absolute Gasteiger partial charge is 0.298 e. The number of halogens is 1. The maximum atomic E-state index is 13.6. The van der Waals surface area contributed by atoms with E-state index in [9.17, 15) is 9.18 Å². The third-order valence-electron chi connectivity index (χ3n) is 5.59. The minimum Gasteiger partial charge on any atom is -0.298 e. The molecule has 4 aromatic rings. The van der Waals surface area contributed by atoms with E-state index < -0.39 is 0 Å². The fourth-order valence-corrected chi connectivity index (χ4v) is 3.91. The zero-order valence-corrected chi connectivity index (χ0v) is 20.3. The van der Waals surface area contributed by atoms with Crippen molar-refractivity contribution in [2.24, 2.45) is 5.41 Å². The molecule has 0 saturated heterocycles. The van der Waals surface area contributed by atoms with Gasteiger partial charge in [-0.1, -0.05) is 34.1 Å². The maximum absolute atomic E-state index is 13.6. The van der Waals surface area contributed by atoms with Gasteiger partial charge in [-0.2, -0.15) is 0 Å². The molecule has 34 heavy (non-hydrogen) atoms. The van der Waals surface area contributed by atoms with Crippen molar-refractivity contribution in [1.82, 2.24) is 19.4 Å². The lowest BCUT2D eigenvalue weighted by Gasteiger charge is -2.22. The number of amides is 1. The summed E-state index contributed by atoms with van der Waals surface area (Å²) in [6, 6.07) is 12.2. The third-order valence-corrected chi connectivity index (χ3v) is 5.59. The number of rotatable bonds is 6. The van der Waals surface area contributed by atoms with Crippen LogP contribution in [0.3, 0.4) is 0 Å². The standard InChI is InChI=1S/C27H30FN5O/c1-6-7-18-13-15-33-22(16-18)31-24(19-8-10-20(28)11-9-19)25(33)21-12-14-29-26(30-21)32(5)23(34)17-27(2,3)4/h8-16H,6-7,17H2,1-5H3. The highest BCUT2D eigenvalue weighted by Crippen LogP contribution is 2.33. The number of imidazole rings is 1. The van der Waals surface area contributed by atoms with Crippen LogP contribution in [0.1, 0.15) is 46.1 Å². The lowest BCUT2D eigenvalue weighted by atomic mass is 9.92. The molecule has 3 aromatic heterocycles. The van der Waals surface area contributed by atoms with E-state index in [2.05, 4.69) is 24.0 Å². The van der Waals surface area contributed by atoms with E-state index in [0.29, 0.717) is 23.8 Å². The molecule has 0 fully saturated rings. The van der Waals surface area contributed by atoms with Gasteiger partial charge < -0.3 is 0 Å². The van der Waals surface area contributed by atoms with Gasteiger partial charge in [0.2, 0.25) is 11.9 Å². The van der Waals surface area contributed by atoms with Crippen LogP contribution >= 0.6 is 0 Å². The Morgan fingerprint density at radius 3 is 2.50 bits per heavy atom. The van der Waals surface area contributed by atoms with E-state index in [4.69, 9.17) is 9.97 Å². The molecule has 1 amide bonds. The molecule has 0 aliphatic carbocycles. The second-order valence-electron chi connectivity index (χ2n) is 9.76. The molecule has 0 N–H and O–H groups in total. The van der Waals surface area contributed by atoms with Gasteiger partial charge in [-0.3, -0.25) is 14.1 Å². The van der Waals surface area contributed by atoms with Crippen molar-refractivity contribution in [3.63, 3.8) is 0 Å². The quantitative estimate of drug-likeness (QED) is 0.357. The van der Waals surface area contributed by atoms with Gasteiger partial charge in [0, 0.05) is 31.4 Å². The molecule has 1 aromatic carbocycles. The van der Waals surface area contributed by atoms with Crippen LogP contribution in [0.15, 0.2) is 54.9 Å². The number of anilines is 1. The Bertz CT molecular complexity index is 1320. The summed E-state index contributed by atoms with van der Waals surface area (Å²) in [4.78, 5) is 28.3. The second kappa shape index (κ2) is 9.33. The van der Waals surface area contributed by atoms with Crippen LogP contribution in [0.4, 0.5) is 10.3 Å². The smallest absolute Gasteiger partial charge is 0.232 e. The predicted octanol–water partition coefficient (Wildman–Crippen LogP) is 5.95. The molecular formula is C27H30FN5O. The van der Waals surface area contributed by atoms with Crippen LogP contribution in [0.25, 0.3) is 28.3 Å². The third kappa shape index (κ3) is 4.98. The molecule has 0 radical (unpaired) electrons. The number of hydrogen-bond donors (Lipinski definition) is 0. The average Bonchev–Trinajstić information content (AvgIpc) is 3.17. The summed E-state index contributed by atoms with van der Waals surface area (Å²) < 4.78 is 15.6. The molecule has 0 saturated carbocycles. The Labute approximate surface area is 199 Å². The van der Waals surface area contributed by atoms with E-state index in [1.165, 1.54) is 22.6 Å². The Balaban J connectivity index is 1.84. The average molecular weight is 460 g/mol. The summed E-state index contributed by atoms with van der Waals surface area (Å²) in [6.07, 6.45) is 6.03. The monoisotopic (exact) mass is 459 g/mol. The second-order valence-corrected chi connectivity index (χ2v) is 9.76. The SMILES string of the molecule is CCCc1ccn2c(-c3ccnc(N(C)C(=O)CC(C)(C)C)n3)c(-c3ccc(F)cc3)nc2c1. The van der Waals surface area contributed by atoms with Gasteiger partial charge in [0.05, 0.1) is 17.1 Å². The van der Waals surface area contributed by atoms with Crippen molar-refractivity contribution in [1.29, 1.82) is 0 Å². The number of aryl methyl sites for hydroxylation is 1. The van der Waals surface area contributed by atoms with Gasteiger partial charge in [-0.25, -0.2) is 19.3 Å². The highest BCUT2D eigenvalue weighted by molar-refractivity contribution is 5.91. The summed E-state index contributed by atoms with van der Waals surface area (Å²) in [5.41, 5.74) is 4.74. The van der Waals surface area contributed by atoms with E-state index in [1.54, 1.807) is 25.4 Å². The van der Waals surface area contributed by atoms with E-state index >= 15 is 0 Å². The number of benzene rings is 1. The number of aromatic nitrogens is 4. The van der Waals surface area contributed by atoms with Crippen molar-refractivity contribution in [3.8, 4) is 22.6 Å². The van der Waals surface area contributed by atoms with Gasteiger partial charge in [0.1, 0.15) is 11.5 Å². The summed E-state index contributed by atoms with van der Waals surface area (Å²) in [5, 5.41) is 0. The first-order valence-electron chi connectivity index (χ1n) is 11.5. The first kappa shape index (κ1) is 23.5. The Morgan fingerprint density at radius 1 is 1.09 bits per heavy atom. The number of pyridine rings is 1. The Morgan fingerprint density at radius 2 is 1.82 bits per heavy atom. The fourth-order valence-electron chi connectivity index (χ4n) is 3.91. The molecule has 4 rings (SSSR count). The highest BCUT2D eigenvalue weighted by atomic mass is 19.1. The zero-order chi connectivity index (χ0) is 24.5. The molecule has 176 valence electrons. The minimum atomic E-state index is -0.303. The van der Waals surface area contributed by atoms with Crippen molar-refractivity contribution < 1.29 is 9.18 Å². The van der Waals surface area contributed by atoms with Crippen molar-refractivity contribution in [2.45, 2.75) is 47.0 Å². The fraction of sp³-hybridized carbons (Fsp3) is 0.333. The van der Waals surface area contributed by atoms with Crippen LogP contribution < -0.4 is 4.90 Å². The predicted molar refractivity (Wildman–Crippen MR) is 133 cm³/mol. The van der Waals surface area contributed by atoms with Crippen molar-refractivity contribution in [3.05, 3.63) is 66.2 Å². The van der Waals surface area contributed by atoms with Gasteiger partial charge in [-0.15, -0.1) is 0 Å². The van der Waals surface area contributed by atoms with E-state index in [0.717, 1.165) is 29.7 Å². The summed E-state index contributed by atoms with van der Waals surface area (Å²) >= 11 is 0. The number of carbonyl (C=O) groups is 1. The maximum Gasteiger partial charge on any atom is 0.232 e. The van der Waals surface area contributed by atoms with Gasteiger partial charge in [0.15, 0.2) is 0 Å². The lowest BCUT2D eigenvalue weighted by molar-refractivity contribution is -0.120. The first-order valence-corrected chi connectivity index (χ1v) is 11.5. The number of fused-ring (bicyclic) bond motifs is 1. The van der Waals surface area contributed by atoms with E-state index in [1.807, 2.05) is 37.4 Å². The molecule has 7 heteroatoms. The minimum absolute atomic E-state index is 0.0502. The van der Waals surface area contributed by atoms with Crippen LogP contribution in [0.5, 0.6) is 0 Å². The molecule has 0 bridgehead atoms. The van der Waals surface area contributed by atoms with Gasteiger partial charge >= 0.3 is 0 Å². The molecule has 3 heterocycles. The molecule has 0 aliphatic heterocycles. The van der Waals surface area contributed by atoms with Crippen LogP contribution in [0.2, 0.25) is 0 Å². The molecule has 0 aliphatic rings. The van der Waals surface area contributed by atoms with Crippen molar-refractivity contribution >= 4 is 17.5 Å². The van der Waals surface area contributed by atoms with Crippen LogP contribution in [0, 0.1) is 11.2 Å². The van der Waals surface area contributed by atoms with Crippen LogP contribution in [-0.2, 0) is 11.2 Å². The number of hydrogen-bond acceptors (Lipinski definition) is 4. The number of carbonyl (C=O) groups excluding carboxylic acids is 1. The molecule has 0 spiro atoms. The summed E-state index contributed by atoms with van der Waals surface area (Å²) in [5.74, 6) is -0.0253. The normalized spacial score (nSPS) is 11.7. The van der Waals surface area contributed by atoms with Crippen LogP contribution in [-0.4, -0.2) is 32.3 Å². The summed E-state index contributed by atoms with van der Waals surface area (Å²) in [7, 11) is 1.69. The first-order chi connectivity index (χ1) is 16.2. The highest BCUT2D eigenvalue weighted by Gasteiger charge is 2.23. The molecule has 0 unspecified atom stereocenters. The molecule has 6 nitrogen and oxygen atoms in total. The lowest BCUT2D eigenvalue weighted by Crippen LogP contribution is -2.31. The topological polar surface area (TPSA) is 63.4 Å². The van der Waals surface area contributed by atoms with Gasteiger partial charge in [-0.05, 0) is 59.9 Å². The van der Waals surface area contributed by atoms with Gasteiger partial charge in [0.25, 0.3) is 0 Å². The number of nitrogens with zero attached hydrogens (tertiary/aromatic N) is 5. The van der Waals surface area contributed by atoms with Crippen molar-refractivity contribution in [2.75, 3.05) is 11.9 Å². The summed E-state index contributed by atoms with van der Waals surface area (Å²) in [6.45, 7) is 8.22. The molecule has 0 atom stereocenters.